The van der Waals surface area contributed by atoms with Crippen molar-refractivity contribution in [3.63, 3.8) is 0 Å². The van der Waals surface area contributed by atoms with Gasteiger partial charge in [0.25, 0.3) is 0 Å². The summed E-state index contributed by atoms with van der Waals surface area (Å²) in [7, 11) is 0. The van der Waals surface area contributed by atoms with Crippen molar-refractivity contribution >= 4 is 0 Å². The van der Waals surface area contributed by atoms with Crippen molar-refractivity contribution in [2.45, 2.75) is 39.8 Å². The van der Waals surface area contributed by atoms with Crippen LogP contribution in [0.4, 0.5) is 0 Å². The third-order valence-corrected chi connectivity index (χ3v) is 3.77. The Labute approximate surface area is 121 Å². The van der Waals surface area contributed by atoms with Crippen LogP contribution in [0.2, 0.25) is 0 Å². The van der Waals surface area contributed by atoms with E-state index in [2.05, 4.69) is 39.0 Å². The molecule has 2 rings (SSSR count). The summed E-state index contributed by atoms with van der Waals surface area (Å²) < 4.78 is 6.03. The molecule has 0 heterocycles. The molecule has 0 fully saturated rings. The van der Waals surface area contributed by atoms with Gasteiger partial charge in [0.15, 0.2) is 0 Å². The lowest BCUT2D eigenvalue weighted by atomic mass is 10.0. The van der Waals surface area contributed by atoms with E-state index in [0.29, 0.717) is 6.61 Å². The topological polar surface area (TPSA) is 35.2 Å². The summed E-state index contributed by atoms with van der Waals surface area (Å²) in [5.74, 6) is 0.893. The molecule has 2 aromatic carbocycles. The molecular weight excluding hydrogens is 246 g/mol. The lowest BCUT2D eigenvalue weighted by Crippen LogP contribution is -2.11. The summed E-state index contributed by atoms with van der Waals surface area (Å²) in [6, 6.07) is 14.4. The van der Waals surface area contributed by atoms with Gasteiger partial charge >= 0.3 is 0 Å². The van der Waals surface area contributed by atoms with Crippen LogP contribution < -0.4 is 10.5 Å². The minimum absolute atomic E-state index is 0.0316. The zero-order valence-corrected chi connectivity index (χ0v) is 12.5. The summed E-state index contributed by atoms with van der Waals surface area (Å²) >= 11 is 0. The van der Waals surface area contributed by atoms with Gasteiger partial charge in [-0.1, -0.05) is 43.3 Å². The van der Waals surface area contributed by atoms with Crippen molar-refractivity contribution in [2.75, 3.05) is 0 Å². The fraction of sp³-hybridized carbons (Fsp3) is 0.333. The summed E-state index contributed by atoms with van der Waals surface area (Å²) in [4.78, 5) is 0. The van der Waals surface area contributed by atoms with E-state index in [1.807, 2.05) is 24.3 Å². The Kier molecular flexibility index (Phi) is 4.80. The van der Waals surface area contributed by atoms with Gasteiger partial charge < -0.3 is 10.5 Å². The fourth-order valence-corrected chi connectivity index (χ4v) is 2.36. The van der Waals surface area contributed by atoms with Crippen LogP contribution in [0.5, 0.6) is 5.75 Å². The number of aryl methyl sites for hydroxylation is 2. The molecule has 1 atom stereocenters. The Balaban J connectivity index is 2.19. The van der Waals surface area contributed by atoms with Gasteiger partial charge in [-0.25, -0.2) is 0 Å². The van der Waals surface area contributed by atoms with E-state index in [1.165, 1.54) is 16.7 Å². The molecule has 2 heteroatoms. The number of hydrogen-bond donors (Lipinski definition) is 1. The molecule has 2 nitrogen and oxygen atoms in total. The first-order chi connectivity index (χ1) is 9.63. The Bertz CT molecular complexity index is 557. The number of para-hydroxylation sites is 1. The molecule has 0 spiro atoms. The van der Waals surface area contributed by atoms with E-state index in [-0.39, 0.29) is 6.04 Å². The van der Waals surface area contributed by atoms with Crippen molar-refractivity contribution < 1.29 is 4.74 Å². The van der Waals surface area contributed by atoms with Crippen molar-refractivity contribution in [3.8, 4) is 5.75 Å². The summed E-state index contributed by atoms with van der Waals surface area (Å²) in [6.45, 7) is 6.92. The molecule has 0 aromatic heterocycles. The maximum atomic E-state index is 6.14. The van der Waals surface area contributed by atoms with Gasteiger partial charge in [0.2, 0.25) is 0 Å². The second-order valence-electron chi connectivity index (χ2n) is 5.21. The van der Waals surface area contributed by atoms with Gasteiger partial charge in [-0.3, -0.25) is 0 Å². The zero-order chi connectivity index (χ0) is 14.5. The predicted molar refractivity (Wildman–Crippen MR) is 83.9 cm³/mol. The average Bonchev–Trinajstić information content (AvgIpc) is 2.46. The second kappa shape index (κ2) is 6.58. The molecule has 0 bridgehead atoms. The largest absolute Gasteiger partial charge is 0.489 e. The molecule has 0 aliphatic carbocycles. The van der Waals surface area contributed by atoms with E-state index in [4.69, 9.17) is 10.5 Å². The van der Waals surface area contributed by atoms with Gasteiger partial charge in [-0.2, -0.15) is 0 Å². The monoisotopic (exact) mass is 269 g/mol. The summed E-state index contributed by atoms with van der Waals surface area (Å²) in [5.41, 5.74) is 11.0. The van der Waals surface area contributed by atoms with E-state index in [9.17, 15) is 0 Å². The summed E-state index contributed by atoms with van der Waals surface area (Å²) in [6.07, 6.45) is 0.907. The number of rotatable bonds is 5. The van der Waals surface area contributed by atoms with Gasteiger partial charge in [0, 0.05) is 11.6 Å². The molecule has 20 heavy (non-hydrogen) atoms. The van der Waals surface area contributed by atoms with Crippen molar-refractivity contribution in [1.82, 2.24) is 0 Å². The van der Waals surface area contributed by atoms with E-state index < -0.39 is 0 Å². The molecular formula is C18H23NO. The molecule has 1 unspecified atom stereocenters. The second-order valence-corrected chi connectivity index (χ2v) is 5.21. The van der Waals surface area contributed by atoms with Crippen molar-refractivity contribution in [3.05, 3.63) is 64.7 Å². The first kappa shape index (κ1) is 14.6. The highest BCUT2D eigenvalue weighted by molar-refractivity contribution is 5.37. The van der Waals surface area contributed by atoms with E-state index in [1.54, 1.807) is 0 Å². The Morgan fingerprint density at radius 3 is 2.30 bits per heavy atom. The summed E-state index contributed by atoms with van der Waals surface area (Å²) in [5, 5.41) is 0. The smallest absolute Gasteiger partial charge is 0.124 e. The number of nitrogens with two attached hydrogens (primary N) is 1. The first-order valence-electron chi connectivity index (χ1n) is 7.16. The zero-order valence-electron chi connectivity index (χ0n) is 12.5. The molecule has 0 radical (unpaired) electrons. The minimum Gasteiger partial charge on any atom is -0.489 e. The number of ether oxygens (including phenoxy) is 1. The predicted octanol–water partition coefficient (Wildman–Crippen LogP) is 4.29. The SMILES string of the molecule is CCC(N)c1ccccc1OCc1c(C)cccc1C. The molecule has 2 aromatic rings. The highest BCUT2D eigenvalue weighted by Crippen LogP contribution is 2.26. The first-order valence-corrected chi connectivity index (χ1v) is 7.16. The van der Waals surface area contributed by atoms with E-state index >= 15 is 0 Å². The van der Waals surface area contributed by atoms with Crippen molar-refractivity contribution in [1.29, 1.82) is 0 Å². The van der Waals surface area contributed by atoms with Crippen LogP contribution in [-0.4, -0.2) is 0 Å². The minimum atomic E-state index is 0.0316. The standard InChI is InChI=1S/C18H23NO/c1-4-17(19)15-10-5-6-11-18(15)20-12-16-13(2)8-7-9-14(16)3/h5-11,17H,4,12,19H2,1-3H3. The maximum Gasteiger partial charge on any atom is 0.124 e. The Morgan fingerprint density at radius 1 is 1.00 bits per heavy atom. The lowest BCUT2D eigenvalue weighted by Gasteiger charge is -2.17. The average molecular weight is 269 g/mol. The number of benzene rings is 2. The van der Waals surface area contributed by atoms with Crippen LogP contribution in [0.3, 0.4) is 0 Å². The Hall–Kier alpha value is -1.80. The third-order valence-electron chi connectivity index (χ3n) is 3.77. The van der Waals surface area contributed by atoms with Gasteiger partial charge in [0.1, 0.15) is 12.4 Å². The van der Waals surface area contributed by atoms with Gasteiger partial charge in [-0.05, 0) is 43.0 Å². The molecule has 0 aliphatic heterocycles. The van der Waals surface area contributed by atoms with Crippen LogP contribution in [0.25, 0.3) is 0 Å². The van der Waals surface area contributed by atoms with Crippen molar-refractivity contribution in [2.24, 2.45) is 5.73 Å². The van der Waals surface area contributed by atoms with Gasteiger partial charge in [-0.15, -0.1) is 0 Å². The molecule has 0 saturated heterocycles. The van der Waals surface area contributed by atoms with Crippen LogP contribution in [-0.2, 0) is 6.61 Å². The lowest BCUT2D eigenvalue weighted by molar-refractivity contribution is 0.299. The van der Waals surface area contributed by atoms with Crippen LogP contribution in [0, 0.1) is 13.8 Å². The highest BCUT2D eigenvalue weighted by atomic mass is 16.5. The normalized spacial score (nSPS) is 12.2. The molecule has 2 N–H and O–H groups in total. The quantitative estimate of drug-likeness (QED) is 0.878. The Morgan fingerprint density at radius 2 is 1.65 bits per heavy atom. The maximum absolute atomic E-state index is 6.14. The fourth-order valence-electron chi connectivity index (χ4n) is 2.36. The molecule has 106 valence electrons. The van der Waals surface area contributed by atoms with Gasteiger partial charge in [0.05, 0.1) is 0 Å². The molecule has 0 saturated carbocycles. The van der Waals surface area contributed by atoms with Crippen LogP contribution >= 0.6 is 0 Å². The van der Waals surface area contributed by atoms with Crippen LogP contribution in [0.15, 0.2) is 42.5 Å². The number of hydrogen-bond acceptors (Lipinski definition) is 2. The highest BCUT2D eigenvalue weighted by Gasteiger charge is 2.11. The van der Waals surface area contributed by atoms with Crippen LogP contribution in [0.1, 0.15) is 41.6 Å². The van der Waals surface area contributed by atoms with E-state index in [0.717, 1.165) is 17.7 Å². The third kappa shape index (κ3) is 3.20. The molecule has 0 aliphatic rings. The molecule has 0 amide bonds.